The van der Waals surface area contributed by atoms with Crippen molar-refractivity contribution >= 4 is 11.9 Å². The number of amides is 3. The van der Waals surface area contributed by atoms with Crippen LogP contribution in [0.15, 0.2) is 24.3 Å². The van der Waals surface area contributed by atoms with E-state index in [9.17, 15) is 14.0 Å². The molecule has 2 aliphatic rings. The quantitative estimate of drug-likeness (QED) is 0.893. The lowest BCUT2D eigenvalue weighted by Gasteiger charge is -2.33. The second-order valence-corrected chi connectivity index (χ2v) is 6.65. The second-order valence-electron chi connectivity index (χ2n) is 6.65. The number of nitrogens with one attached hydrogen (secondary N) is 2. The van der Waals surface area contributed by atoms with Gasteiger partial charge in [0.2, 0.25) is 0 Å². The first-order chi connectivity index (χ1) is 11.6. The van der Waals surface area contributed by atoms with Crippen molar-refractivity contribution in [1.29, 1.82) is 0 Å². The molecule has 2 N–H and O–H groups in total. The van der Waals surface area contributed by atoms with Crippen molar-refractivity contribution in [2.45, 2.75) is 50.6 Å². The molecule has 1 aliphatic carbocycles. The smallest absolute Gasteiger partial charge is 0.317 e. The SMILES string of the molecule is O=C(NC1CCN(C(=O)NC2CCCC2)CC1)c1ccccc1F. The average Bonchev–Trinajstić information content (AvgIpc) is 3.08. The Morgan fingerprint density at radius 1 is 0.958 bits per heavy atom. The number of hydrogen-bond acceptors (Lipinski definition) is 2. The molecule has 1 saturated heterocycles. The Morgan fingerprint density at radius 3 is 2.25 bits per heavy atom. The lowest BCUT2D eigenvalue weighted by atomic mass is 10.0. The summed E-state index contributed by atoms with van der Waals surface area (Å²) < 4.78 is 13.6. The van der Waals surface area contributed by atoms with E-state index in [0.29, 0.717) is 32.0 Å². The topological polar surface area (TPSA) is 61.4 Å². The van der Waals surface area contributed by atoms with Gasteiger partial charge in [0.25, 0.3) is 5.91 Å². The van der Waals surface area contributed by atoms with Crippen molar-refractivity contribution in [3.63, 3.8) is 0 Å². The van der Waals surface area contributed by atoms with Crippen LogP contribution < -0.4 is 10.6 Å². The Hall–Kier alpha value is -2.11. The zero-order chi connectivity index (χ0) is 16.9. The molecule has 1 aromatic carbocycles. The number of rotatable bonds is 3. The van der Waals surface area contributed by atoms with Crippen LogP contribution in [-0.4, -0.2) is 42.0 Å². The third-order valence-electron chi connectivity index (χ3n) is 4.92. The summed E-state index contributed by atoms with van der Waals surface area (Å²) in [7, 11) is 0. The van der Waals surface area contributed by atoms with Gasteiger partial charge in [0, 0.05) is 25.2 Å². The average molecular weight is 333 g/mol. The molecule has 3 rings (SSSR count). The lowest BCUT2D eigenvalue weighted by molar-refractivity contribution is 0.0913. The van der Waals surface area contributed by atoms with Crippen molar-refractivity contribution in [2.75, 3.05) is 13.1 Å². The molecule has 5 nitrogen and oxygen atoms in total. The molecule has 130 valence electrons. The van der Waals surface area contributed by atoms with Gasteiger partial charge in [0.15, 0.2) is 0 Å². The Morgan fingerprint density at radius 2 is 1.58 bits per heavy atom. The molecule has 0 atom stereocenters. The van der Waals surface area contributed by atoms with Gasteiger partial charge >= 0.3 is 6.03 Å². The van der Waals surface area contributed by atoms with Crippen LogP contribution in [0.3, 0.4) is 0 Å². The van der Waals surface area contributed by atoms with Gasteiger partial charge in [-0.25, -0.2) is 9.18 Å². The highest BCUT2D eigenvalue weighted by atomic mass is 19.1. The maximum absolute atomic E-state index is 13.6. The number of benzene rings is 1. The summed E-state index contributed by atoms with van der Waals surface area (Å²) in [4.78, 5) is 26.2. The molecule has 1 heterocycles. The number of carbonyl (C=O) groups excluding carboxylic acids is 2. The van der Waals surface area contributed by atoms with Crippen molar-refractivity contribution in [3.05, 3.63) is 35.6 Å². The van der Waals surface area contributed by atoms with E-state index < -0.39 is 5.82 Å². The molecule has 0 bridgehead atoms. The minimum Gasteiger partial charge on any atom is -0.349 e. The summed E-state index contributed by atoms with van der Waals surface area (Å²) in [6.07, 6.45) is 5.91. The summed E-state index contributed by atoms with van der Waals surface area (Å²) in [6.45, 7) is 1.22. The van der Waals surface area contributed by atoms with Crippen LogP contribution >= 0.6 is 0 Å². The molecule has 1 aliphatic heterocycles. The van der Waals surface area contributed by atoms with Crippen LogP contribution in [0.5, 0.6) is 0 Å². The van der Waals surface area contributed by atoms with Crippen LogP contribution in [0.2, 0.25) is 0 Å². The van der Waals surface area contributed by atoms with E-state index in [0.717, 1.165) is 12.8 Å². The van der Waals surface area contributed by atoms with Gasteiger partial charge in [0.1, 0.15) is 5.82 Å². The molecule has 0 unspecified atom stereocenters. The first kappa shape index (κ1) is 16.7. The number of halogens is 1. The van der Waals surface area contributed by atoms with E-state index in [1.54, 1.807) is 12.1 Å². The van der Waals surface area contributed by atoms with Crippen molar-refractivity contribution in [1.82, 2.24) is 15.5 Å². The van der Waals surface area contributed by atoms with Crippen molar-refractivity contribution in [3.8, 4) is 0 Å². The first-order valence-electron chi connectivity index (χ1n) is 8.74. The molecule has 1 aromatic rings. The number of hydrogen-bond donors (Lipinski definition) is 2. The van der Waals surface area contributed by atoms with E-state index in [4.69, 9.17) is 0 Å². The minimum absolute atomic E-state index is 0.000723. The van der Waals surface area contributed by atoms with Crippen molar-refractivity contribution < 1.29 is 14.0 Å². The molecule has 0 radical (unpaired) electrons. The highest BCUT2D eigenvalue weighted by molar-refractivity contribution is 5.94. The number of piperidine rings is 1. The fourth-order valence-corrected chi connectivity index (χ4v) is 3.47. The van der Waals surface area contributed by atoms with Crippen LogP contribution in [-0.2, 0) is 0 Å². The third kappa shape index (κ3) is 4.04. The molecule has 24 heavy (non-hydrogen) atoms. The summed E-state index contributed by atoms with van der Waals surface area (Å²) in [5.41, 5.74) is 0.0684. The lowest BCUT2D eigenvalue weighted by Crippen LogP contribution is -2.51. The normalized spacial score (nSPS) is 19.3. The summed E-state index contributed by atoms with van der Waals surface area (Å²) in [5.74, 6) is -0.898. The molecule has 6 heteroatoms. The molecule has 0 aromatic heterocycles. The van der Waals surface area contributed by atoms with Crippen LogP contribution in [0.1, 0.15) is 48.9 Å². The predicted octanol–water partition coefficient (Wildman–Crippen LogP) is 2.67. The monoisotopic (exact) mass is 333 g/mol. The number of nitrogens with zero attached hydrogens (tertiary/aromatic N) is 1. The highest BCUT2D eigenvalue weighted by Gasteiger charge is 2.26. The van der Waals surface area contributed by atoms with Gasteiger partial charge in [-0.3, -0.25) is 4.79 Å². The summed E-state index contributed by atoms with van der Waals surface area (Å²) in [5, 5.41) is 5.96. The van der Waals surface area contributed by atoms with E-state index in [2.05, 4.69) is 10.6 Å². The van der Waals surface area contributed by atoms with Crippen molar-refractivity contribution in [2.24, 2.45) is 0 Å². The number of likely N-dealkylation sites (tertiary alicyclic amines) is 1. The maximum Gasteiger partial charge on any atom is 0.317 e. The van der Waals surface area contributed by atoms with E-state index in [1.165, 1.54) is 25.0 Å². The second kappa shape index (κ2) is 7.64. The maximum atomic E-state index is 13.6. The standard InChI is InChI=1S/C18H24FN3O2/c19-16-8-4-3-7-15(16)17(23)20-14-9-11-22(12-10-14)18(24)21-13-5-1-2-6-13/h3-4,7-8,13-14H,1-2,5-6,9-12H2,(H,20,23)(H,21,24). The zero-order valence-corrected chi connectivity index (χ0v) is 13.8. The summed E-state index contributed by atoms with van der Waals surface area (Å²) in [6, 6.07) is 6.27. The van der Waals surface area contributed by atoms with Gasteiger partial charge in [-0.2, -0.15) is 0 Å². The van der Waals surface area contributed by atoms with Crippen LogP contribution in [0.25, 0.3) is 0 Å². The molecular formula is C18H24FN3O2. The Balaban J connectivity index is 1.45. The minimum atomic E-state index is -0.511. The molecular weight excluding hydrogens is 309 g/mol. The highest BCUT2D eigenvalue weighted by Crippen LogP contribution is 2.19. The van der Waals surface area contributed by atoms with E-state index in [1.807, 2.05) is 4.90 Å². The molecule has 0 spiro atoms. The Labute approximate surface area is 141 Å². The van der Waals surface area contributed by atoms with Gasteiger partial charge in [-0.05, 0) is 37.8 Å². The summed E-state index contributed by atoms with van der Waals surface area (Å²) >= 11 is 0. The van der Waals surface area contributed by atoms with Crippen LogP contribution in [0, 0.1) is 5.82 Å². The van der Waals surface area contributed by atoms with Crippen LogP contribution in [0.4, 0.5) is 9.18 Å². The number of urea groups is 1. The number of carbonyl (C=O) groups is 2. The molecule has 3 amide bonds. The Bertz CT molecular complexity index is 594. The fraction of sp³-hybridized carbons (Fsp3) is 0.556. The van der Waals surface area contributed by atoms with Gasteiger partial charge in [-0.1, -0.05) is 25.0 Å². The fourth-order valence-electron chi connectivity index (χ4n) is 3.47. The van der Waals surface area contributed by atoms with Gasteiger partial charge < -0.3 is 15.5 Å². The third-order valence-corrected chi connectivity index (χ3v) is 4.92. The first-order valence-corrected chi connectivity index (χ1v) is 8.74. The Kier molecular flexibility index (Phi) is 5.33. The largest absolute Gasteiger partial charge is 0.349 e. The molecule has 1 saturated carbocycles. The van der Waals surface area contributed by atoms with E-state index in [-0.39, 0.29) is 23.5 Å². The van der Waals surface area contributed by atoms with Gasteiger partial charge in [-0.15, -0.1) is 0 Å². The van der Waals surface area contributed by atoms with E-state index >= 15 is 0 Å². The zero-order valence-electron chi connectivity index (χ0n) is 13.8. The predicted molar refractivity (Wildman–Crippen MR) is 89.2 cm³/mol. The van der Waals surface area contributed by atoms with Gasteiger partial charge in [0.05, 0.1) is 5.56 Å². The molecule has 2 fully saturated rings.